The quantitative estimate of drug-likeness (QED) is 0.932. The number of rotatable bonds is 3. The van der Waals surface area contributed by atoms with Gasteiger partial charge in [-0.05, 0) is 33.9 Å². The summed E-state index contributed by atoms with van der Waals surface area (Å²) >= 11 is 0. The molecule has 0 bridgehead atoms. The van der Waals surface area contributed by atoms with Gasteiger partial charge < -0.3 is 0 Å². The third-order valence-corrected chi connectivity index (χ3v) is 3.60. The number of Topliss-reactive ketones (excluding diaryl/α,β-unsaturated/α-hetero) is 1. The van der Waals surface area contributed by atoms with Crippen LogP contribution in [0.1, 0.15) is 40.2 Å². The lowest BCUT2D eigenvalue weighted by Crippen LogP contribution is -2.50. The molecule has 1 aromatic carbocycles. The molecular weight excluding hydrogens is 278 g/mol. The summed E-state index contributed by atoms with van der Waals surface area (Å²) in [6.07, 6.45) is -0.663. The van der Waals surface area contributed by atoms with Gasteiger partial charge in [-0.15, -0.1) is 0 Å². The Bertz CT molecular complexity index is 581. The average Bonchev–Trinajstić information content (AvgIpc) is 2.64. The zero-order valence-corrected chi connectivity index (χ0v) is 14.2. The molecule has 1 aliphatic heterocycles. The predicted molar refractivity (Wildman–Crippen MR) is 90.5 cm³/mol. The fraction of sp³-hybridized carbons (Fsp3) is 0.471. The van der Waals surface area contributed by atoms with Crippen LogP contribution in [0.4, 0.5) is 5.69 Å². The molecule has 0 aromatic heterocycles. The van der Waals surface area contributed by atoms with Gasteiger partial charge in [0.1, 0.15) is 0 Å². The third-order valence-electron chi connectivity index (χ3n) is 3.60. The number of para-hydroxylation sites is 1. The van der Waals surface area contributed by atoms with Gasteiger partial charge in [0, 0.05) is 11.3 Å². The van der Waals surface area contributed by atoms with E-state index in [0.29, 0.717) is 0 Å². The molecule has 2 rings (SSSR count). The summed E-state index contributed by atoms with van der Waals surface area (Å²) in [7, 11) is 1.69. The SMILES string of the molecule is CC.CNC1N=C(C)c2ccccc2N(C(C)C(C)=O)C1=O. The van der Waals surface area contributed by atoms with E-state index >= 15 is 0 Å². The molecule has 2 atom stereocenters. The van der Waals surface area contributed by atoms with Crippen LogP contribution in [-0.2, 0) is 9.59 Å². The van der Waals surface area contributed by atoms with Gasteiger partial charge in [-0.3, -0.25) is 24.8 Å². The van der Waals surface area contributed by atoms with Crippen LogP contribution in [0, 0.1) is 0 Å². The maximum Gasteiger partial charge on any atom is 0.267 e. The average molecular weight is 303 g/mol. The van der Waals surface area contributed by atoms with Gasteiger partial charge >= 0.3 is 0 Å². The van der Waals surface area contributed by atoms with Crippen LogP contribution in [0.15, 0.2) is 29.3 Å². The monoisotopic (exact) mass is 303 g/mol. The summed E-state index contributed by atoms with van der Waals surface area (Å²) in [5.74, 6) is -0.262. The number of nitrogens with zero attached hydrogens (tertiary/aromatic N) is 2. The van der Waals surface area contributed by atoms with Gasteiger partial charge in [-0.2, -0.15) is 0 Å². The molecule has 2 unspecified atom stereocenters. The summed E-state index contributed by atoms with van der Waals surface area (Å²) in [5, 5.41) is 2.89. The zero-order chi connectivity index (χ0) is 16.9. The highest BCUT2D eigenvalue weighted by molar-refractivity contribution is 6.13. The summed E-state index contributed by atoms with van der Waals surface area (Å²) in [6, 6.07) is 7.02. The number of likely N-dealkylation sites (N-methyl/N-ethyl adjacent to an activating group) is 1. The second-order valence-corrected chi connectivity index (χ2v) is 4.92. The largest absolute Gasteiger partial charge is 0.299 e. The molecule has 1 aromatic rings. The summed E-state index contributed by atoms with van der Waals surface area (Å²) in [6.45, 7) is 9.11. The first kappa shape index (κ1) is 18.0. The van der Waals surface area contributed by atoms with E-state index < -0.39 is 12.2 Å². The number of benzodiazepines with no additional fused rings is 1. The molecule has 1 heterocycles. The van der Waals surface area contributed by atoms with Crippen LogP contribution in [-0.4, -0.2) is 36.7 Å². The number of amides is 1. The van der Waals surface area contributed by atoms with Crippen molar-refractivity contribution in [3.05, 3.63) is 29.8 Å². The molecule has 0 radical (unpaired) electrons. The summed E-state index contributed by atoms with van der Waals surface area (Å²) in [4.78, 5) is 30.3. The minimum Gasteiger partial charge on any atom is -0.299 e. The number of carbonyl (C=O) groups excluding carboxylic acids is 2. The van der Waals surface area contributed by atoms with E-state index in [0.717, 1.165) is 17.0 Å². The molecule has 0 spiro atoms. The van der Waals surface area contributed by atoms with Crippen LogP contribution < -0.4 is 10.2 Å². The second-order valence-electron chi connectivity index (χ2n) is 4.92. The first-order chi connectivity index (χ1) is 10.5. The number of nitrogens with one attached hydrogen (secondary N) is 1. The highest BCUT2D eigenvalue weighted by Crippen LogP contribution is 2.27. The van der Waals surface area contributed by atoms with Crippen LogP contribution in [0.2, 0.25) is 0 Å². The topological polar surface area (TPSA) is 61.8 Å². The Kier molecular flexibility index (Phi) is 6.43. The maximum absolute atomic E-state index is 12.6. The Morgan fingerprint density at radius 3 is 2.45 bits per heavy atom. The Balaban J connectivity index is 0.00000116. The fourth-order valence-corrected chi connectivity index (χ4v) is 2.33. The van der Waals surface area contributed by atoms with E-state index in [-0.39, 0.29) is 11.7 Å². The Morgan fingerprint density at radius 2 is 1.91 bits per heavy atom. The molecule has 0 aliphatic carbocycles. The minimum atomic E-state index is -0.663. The van der Waals surface area contributed by atoms with Gasteiger partial charge in [-0.1, -0.05) is 32.0 Å². The second kappa shape index (κ2) is 7.84. The Labute approximate surface area is 132 Å². The van der Waals surface area contributed by atoms with E-state index in [2.05, 4.69) is 10.3 Å². The number of hydrogen-bond donors (Lipinski definition) is 1. The number of fused-ring (bicyclic) bond motifs is 1. The van der Waals surface area contributed by atoms with Crippen molar-refractivity contribution in [1.82, 2.24) is 5.32 Å². The first-order valence-corrected chi connectivity index (χ1v) is 7.62. The number of ketones is 1. The van der Waals surface area contributed by atoms with Gasteiger partial charge in [0.2, 0.25) is 0 Å². The number of aliphatic imine (C=N–C) groups is 1. The molecule has 22 heavy (non-hydrogen) atoms. The summed E-state index contributed by atoms with van der Waals surface area (Å²) in [5.41, 5.74) is 2.40. The molecular formula is C17H25N3O2. The van der Waals surface area contributed by atoms with Gasteiger partial charge in [0.05, 0.1) is 11.7 Å². The van der Waals surface area contributed by atoms with Crippen molar-refractivity contribution in [2.24, 2.45) is 4.99 Å². The van der Waals surface area contributed by atoms with Crippen LogP contribution >= 0.6 is 0 Å². The van der Waals surface area contributed by atoms with E-state index in [1.807, 2.05) is 45.0 Å². The minimum absolute atomic E-state index is 0.0532. The number of benzene rings is 1. The van der Waals surface area contributed by atoms with Crippen molar-refractivity contribution in [2.75, 3.05) is 11.9 Å². The van der Waals surface area contributed by atoms with Crippen LogP contribution in [0.3, 0.4) is 0 Å². The predicted octanol–water partition coefficient (Wildman–Crippen LogP) is 2.39. The standard InChI is InChI=1S/C15H19N3O2.C2H6/c1-9-12-7-5-6-8-13(12)18(10(2)11(3)19)15(20)14(16-4)17-9;1-2/h5-8,10,14,16H,1-4H3;1-2H3. The summed E-state index contributed by atoms with van der Waals surface area (Å²) < 4.78 is 0. The molecule has 0 fully saturated rings. The van der Waals surface area contributed by atoms with Gasteiger partial charge in [0.15, 0.2) is 11.9 Å². The zero-order valence-electron chi connectivity index (χ0n) is 14.2. The van der Waals surface area contributed by atoms with Crippen molar-refractivity contribution in [2.45, 2.75) is 46.8 Å². The molecule has 0 saturated carbocycles. The lowest BCUT2D eigenvalue weighted by atomic mass is 10.1. The normalized spacial score (nSPS) is 18.5. The molecule has 1 aliphatic rings. The van der Waals surface area contributed by atoms with E-state index in [1.165, 1.54) is 6.92 Å². The highest BCUT2D eigenvalue weighted by Gasteiger charge is 2.33. The lowest BCUT2D eigenvalue weighted by Gasteiger charge is -2.29. The van der Waals surface area contributed by atoms with Crippen LogP contribution in [0.5, 0.6) is 0 Å². The number of hydrogen-bond acceptors (Lipinski definition) is 4. The van der Waals surface area contributed by atoms with Crippen LogP contribution in [0.25, 0.3) is 0 Å². The van der Waals surface area contributed by atoms with E-state index in [4.69, 9.17) is 0 Å². The smallest absolute Gasteiger partial charge is 0.267 e. The van der Waals surface area contributed by atoms with E-state index in [9.17, 15) is 9.59 Å². The van der Waals surface area contributed by atoms with Gasteiger partial charge in [0.25, 0.3) is 5.91 Å². The lowest BCUT2D eigenvalue weighted by molar-refractivity contribution is -0.124. The molecule has 5 heteroatoms. The number of carbonyl (C=O) groups is 2. The third kappa shape index (κ3) is 3.42. The first-order valence-electron chi connectivity index (χ1n) is 7.62. The molecule has 0 saturated heterocycles. The van der Waals surface area contributed by atoms with Crippen molar-refractivity contribution < 1.29 is 9.59 Å². The molecule has 5 nitrogen and oxygen atoms in total. The van der Waals surface area contributed by atoms with Crippen molar-refractivity contribution in [3.63, 3.8) is 0 Å². The molecule has 120 valence electrons. The fourth-order valence-electron chi connectivity index (χ4n) is 2.33. The Morgan fingerprint density at radius 1 is 1.32 bits per heavy atom. The molecule has 1 amide bonds. The number of anilines is 1. The van der Waals surface area contributed by atoms with Gasteiger partial charge in [-0.25, -0.2) is 0 Å². The highest BCUT2D eigenvalue weighted by atomic mass is 16.2. The van der Waals surface area contributed by atoms with Crippen molar-refractivity contribution >= 4 is 23.1 Å². The maximum atomic E-state index is 12.6. The van der Waals surface area contributed by atoms with Crippen molar-refractivity contribution in [3.8, 4) is 0 Å². The molecule has 1 N–H and O–H groups in total. The van der Waals surface area contributed by atoms with E-state index in [1.54, 1.807) is 18.9 Å². The Hall–Kier alpha value is -2.01. The van der Waals surface area contributed by atoms with Crippen molar-refractivity contribution in [1.29, 1.82) is 0 Å².